The Bertz CT molecular complexity index is 1370. The number of nitrogens with zero attached hydrogens (tertiary/aromatic N) is 3. The molecular formula is C31H36ClF3N6OS. The van der Waals surface area contributed by atoms with Crippen LogP contribution < -0.4 is 20.9 Å². The van der Waals surface area contributed by atoms with Crippen LogP contribution in [0.3, 0.4) is 0 Å². The first-order valence-electron chi connectivity index (χ1n) is 14.0. The standard InChI is InChI=1S/C17H18ClF3N4S.C14H18N2O/c1-22-13-2-4-14(5-3-13)26-25-8-6-24(7-9-25)16-11-12(17(19,20)21)10-15(18)23-16;1-2-11-4-3-5-12(8-11)9-15-10-13-6-7-14(17)16-13/h2-5,10-11,22H,6-9H2,1H3;2-5,8,13,15H,1,6-7,9-10H2,(H,16,17). The molecule has 2 aliphatic heterocycles. The molecule has 230 valence electrons. The van der Waals surface area contributed by atoms with Gasteiger partial charge in [-0.15, -0.1) is 0 Å². The molecule has 2 aromatic carbocycles. The Morgan fingerprint density at radius 3 is 2.49 bits per heavy atom. The molecule has 1 amide bonds. The van der Waals surface area contributed by atoms with E-state index >= 15 is 0 Å². The van der Waals surface area contributed by atoms with Gasteiger partial charge in [-0.3, -0.25) is 4.79 Å². The molecule has 3 aromatic rings. The molecule has 12 heteroatoms. The first-order valence-corrected chi connectivity index (χ1v) is 15.2. The number of rotatable bonds is 9. The van der Waals surface area contributed by atoms with E-state index in [0.29, 0.717) is 38.6 Å². The number of halogens is 4. The smallest absolute Gasteiger partial charge is 0.388 e. The lowest BCUT2D eigenvalue weighted by molar-refractivity contribution is -0.137. The van der Waals surface area contributed by atoms with Gasteiger partial charge in [-0.25, -0.2) is 9.29 Å². The number of anilines is 2. The summed E-state index contributed by atoms with van der Waals surface area (Å²) in [6, 6.07) is 18.6. The zero-order chi connectivity index (χ0) is 30.8. The van der Waals surface area contributed by atoms with E-state index in [4.69, 9.17) is 11.6 Å². The van der Waals surface area contributed by atoms with Gasteiger partial charge in [0.25, 0.3) is 0 Å². The fraction of sp³-hybridized carbons (Fsp3) is 0.355. The number of alkyl halides is 3. The van der Waals surface area contributed by atoms with Crippen LogP contribution in [0.1, 0.15) is 29.5 Å². The minimum Gasteiger partial charge on any atom is -0.388 e. The highest BCUT2D eigenvalue weighted by molar-refractivity contribution is 7.97. The van der Waals surface area contributed by atoms with Crippen molar-refractivity contribution in [3.8, 4) is 0 Å². The largest absolute Gasteiger partial charge is 0.416 e. The van der Waals surface area contributed by atoms with Gasteiger partial charge in [0.05, 0.1) is 5.56 Å². The number of nitrogens with one attached hydrogen (secondary N) is 3. The molecule has 0 bridgehead atoms. The van der Waals surface area contributed by atoms with E-state index in [1.807, 2.05) is 54.4 Å². The summed E-state index contributed by atoms with van der Waals surface area (Å²) < 4.78 is 41.1. The zero-order valence-corrected chi connectivity index (χ0v) is 25.5. The number of hydrogen-bond donors (Lipinski definition) is 3. The fourth-order valence-corrected chi connectivity index (χ4v) is 5.81. The number of amides is 1. The van der Waals surface area contributed by atoms with Crippen LogP contribution in [0.2, 0.25) is 5.15 Å². The second-order valence-electron chi connectivity index (χ2n) is 10.2. The maximum absolute atomic E-state index is 13.0. The van der Waals surface area contributed by atoms with E-state index in [1.165, 1.54) is 5.56 Å². The molecule has 1 aromatic heterocycles. The van der Waals surface area contributed by atoms with Crippen molar-refractivity contribution in [2.24, 2.45) is 0 Å². The van der Waals surface area contributed by atoms with E-state index in [2.05, 4.69) is 44.0 Å². The molecule has 3 heterocycles. The normalized spacial score (nSPS) is 17.2. The van der Waals surface area contributed by atoms with Crippen molar-refractivity contribution in [3.63, 3.8) is 0 Å². The lowest BCUT2D eigenvalue weighted by Crippen LogP contribution is -2.43. The van der Waals surface area contributed by atoms with Gasteiger partial charge < -0.3 is 20.9 Å². The zero-order valence-electron chi connectivity index (χ0n) is 24.0. The van der Waals surface area contributed by atoms with E-state index in [0.717, 1.165) is 47.8 Å². The lowest BCUT2D eigenvalue weighted by atomic mass is 10.1. The summed E-state index contributed by atoms with van der Waals surface area (Å²) in [6.07, 6.45) is -0.976. The van der Waals surface area contributed by atoms with Crippen molar-refractivity contribution in [3.05, 3.63) is 89.1 Å². The van der Waals surface area contributed by atoms with Gasteiger partial charge in [0, 0.05) is 69.4 Å². The second kappa shape index (κ2) is 15.5. The topological polar surface area (TPSA) is 72.5 Å². The average Bonchev–Trinajstić information content (AvgIpc) is 3.42. The predicted molar refractivity (Wildman–Crippen MR) is 169 cm³/mol. The summed E-state index contributed by atoms with van der Waals surface area (Å²) in [5, 5.41) is 9.24. The first kappa shape index (κ1) is 32.7. The monoisotopic (exact) mass is 632 g/mol. The van der Waals surface area contributed by atoms with Crippen LogP contribution in [0, 0.1) is 0 Å². The van der Waals surface area contributed by atoms with Gasteiger partial charge in [0.1, 0.15) is 11.0 Å². The molecule has 43 heavy (non-hydrogen) atoms. The van der Waals surface area contributed by atoms with E-state index < -0.39 is 11.7 Å². The molecule has 1 unspecified atom stereocenters. The Morgan fingerprint density at radius 2 is 1.86 bits per heavy atom. The minimum atomic E-state index is -4.43. The fourth-order valence-electron chi connectivity index (χ4n) is 4.70. The molecule has 2 aliphatic rings. The van der Waals surface area contributed by atoms with Crippen LogP contribution in [0.25, 0.3) is 6.08 Å². The van der Waals surface area contributed by atoms with Gasteiger partial charge in [0.2, 0.25) is 5.91 Å². The summed E-state index contributed by atoms with van der Waals surface area (Å²) in [7, 11) is 1.87. The van der Waals surface area contributed by atoms with E-state index in [9.17, 15) is 18.0 Å². The van der Waals surface area contributed by atoms with Crippen molar-refractivity contribution in [2.45, 2.75) is 36.5 Å². The molecule has 3 N–H and O–H groups in total. The van der Waals surface area contributed by atoms with Crippen LogP contribution in [0.4, 0.5) is 24.7 Å². The van der Waals surface area contributed by atoms with Crippen molar-refractivity contribution < 1.29 is 18.0 Å². The van der Waals surface area contributed by atoms with Gasteiger partial charge in [-0.05, 0) is 65.9 Å². The number of hydrogen-bond acceptors (Lipinski definition) is 7. The molecule has 5 rings (SSSR count). The van der Waals surface area contributed by atoms with Crippen molar-refractivity contribution in [1.29, 1.82) is 0 Å². The van der Waals surface area contributed by atoms with Crippen molar-refractivity contribution >= 4 is 47.0 Å². The highest BCUT2D eigenvalue weighted by Crippen LogP contribution is 2.33. The molecule has 0 spiro atoms. The van der Waals surface area contributed by atoms with Crippen molar-refractivity contribution in [2.75, 3.05) is 50.0 Å². The molecular weight excluding hydrogens is 597 g/mol. The van der Waals surface area contributed by atoms with E-state index in [-0.39, 0.29) is 16.9 Å². The molecule has 1 atom stereocenters. The Labute approximate surface area is 260 Å². The van der Waals surface area contributed by atoms with Crippen LogP contribution in [-0.2, 0) is 17.5 Å². The Hall–Kier alpha value is -3.25. The number of aromatic nitrogens is 1. The van der Waals surface area contributed by atoms with Gasteiger partial charge in [-0.2, -0.15) is 13.2 Å². The third kappa shape index (κ3) is 10.2. The molecule has 0 aliphatic carbocycles. The molecule has 2 fully saturated rings. The maximum Gasteiger partial charge on any atom is 0.416 e. The number of benzene rings is 2. The van der Waals surface area contributed by atoms with E-state index in [1.54, 1.807) is 11.9 Å². The number of pyridine rings is 1. The third-order valence-electron chi connectivity index (χ3n) is 7.04. The SMILES string of the molecule is C=Cc1cccc(CNCC2CCC(=O)N2)c1.CNc1ccc(SN2CCN(c3cc(C(F)(F)F)cc(Cl)n3)CC2)cc1. The van der Waals surface area contributed by atoms with Crippen LogP contribution in [-0.4, -0.2) is 61.0 Å². The number of carbonyl (C=O) groups is 1. The summed E-state index contributed by atoms with van der Waals surface area (Å²) in [5.74, 6) is 0.443. The molecule has 2 saturated heterocycles. The first-order chi connectivity index (χ1) is 20.6. The molecule has 0 radical (unpaired) electrons. The lowest BCUT2D eigenvalue weighted by Gasteiger charge is -2.34. The summed E-state index contributed by atoms with van der Waals surface area (Å²) in [6.45, 7) is 8.03. The maximum atomic E-state index is 13.0. The summed E-state index contributed by atoms with van der Waals surface area (Å²) in [4.78, 5) is 18.0. The van der Waals surface area contributed by atoms with Gasteiger partial charge in [-0.1, -0.05) is 48.5 Å². The molecule has 7 nitrogen and oxygen atoms in total. The second-order valence-corrected chi connectivity index (χ2v) is 11.8. The van der Waals surface area contributed by atoms with Crippen LogP contribution in [0.15, 0.2) is 72.1 Å². The minimum absolute atomic E-state index is 0.142. The highest BCUT2D eigenvalue weighted by Gasteiger charge is 2.32. The summed E-state index contributed by atoms with van der Waals surface area (Å²) >= 11 is 7.42. The highest BCUT2D eigenvalue weighted by atomic mass is 35.5. The Kier molecular flexibility index (Phi) is 11.7. The summed E-state index contributed by atoms with van der Waals surface area (Å²) in [5.41, 5.74) is 2.66. The Balaban J connectivity index is 0.000000215. The number of carbonyl (C=O) groups excluding carboxylic acids is 1. The predicted octanol–water partition coefficient (Wildman–Crippen LogP) is 6.32. The van der Waals surface area contributed by atoms with Crippen LogP contribution >= 0.6 is 23.5 Å². The number of piperazine rings is 1. The van der Waals surface area contributed by atoms with Gasteiger partial charge >= 0.3 is 6.18 Å². The average molecular weight is 633 g/mol. The quantitative estimate of drug-likeness (QED) is 0.188. The molecule has 0 saturated carbocycles. The Morgan fingerprint density at radius 1 is 1.12 bits per heavy atom. The van der Waals surface area contributed by atoms with Crippen molar-refractivity contribution in [1.82, 2.24) is 19.9 Å². The van der Waals surface area contributed by atoms with Crippen LogP contribution in [0.5, 0.6) is 0 Å². The third-order valence-corrected chi connectivity index (χ3v) is 8.34. The van der Waals surface area contributed by atoms with Gasteiger partial charge in [0.15, 0.2) is 0 Å².